The van der Waals surface area contributed by atoms with Crippen LogP contribution in [0.5, 0.6) is 0 Å². The highest BCUT2D eigenvalue weighted by Crippen LogP contribution is 2.16. The zero-order valence-corrected chi connectivity index (χ0v) is 10.4. The van der Waals surface area contributed by atoms with E-state index in [0.717, 1.165) is 25.9 Å². The summed E-state index contributed by atoms with van der Waals surface area (Å²) in [6.07, 6.45) is 7.29. The minimum atomic E-state index is -0.559. The van der Waals surface area contributed by atoms with Gasteiger partial charge in [0.15, 0.2) is 0 Å². The minimum absolute atomic E-state index is 0.0271. The van der Waals surface area contributed by atoms with Gasteiger partial charge in [-0.1, -0.05) is 24.3 Å². The van der Waals surface area contributed by atoms with Crippen LogP contribution in [-0.4, -0.2) is 29.9 Å². The first kappa shape index (κ1) is 12.7. The van der Waals surface area contributed by atoms with Gasteiger partial charge in [0, 0.05) is 19.5 Å². The maximum atomic E-state index is 12.1. The van der Waals surface area contributed by atoms with Crippen LogP contribution in [0.15, 0.2) is 24.3 Å². The topological polar surface area (TPSA) is 46.3 Å². The van der Waals surface area contributed by atoms with E-state index < -0.39 is 6.04 Å². The molecule has 1 aromatic carbocycles. The fourth-order valence-corrected chi connectivity index (χ4v) is 2.34. The highest BCUT2D eigenvalue weighted by molar-refractivity contribution is 5.82. The molecule has 0 spiro atoms. The summed E-state index contributed by atoms with van der Waals surface area (Å²) in [5.74, 6) is 2.42. The number of nitrogens with two attached hydrogens (primary N) is 1. The van der Waals surface area contributed by atoms with Gasteiger partial charge in [-0.25, -0.2) is 0 Å². The monoisotopic (exact) mass is 242 g/mol. The zero-order chi connectivity index (χ0) is 13.0. The van der Waals surface area contributed by atoms with E-state index in [1.54, 1.807) is 0 Å². The van der Waals surface area contributed by atoms with Gasteiger partial charge in [-0.2, -0.15) is 0 Å². The van der Waals surface area contributed by atoms with Crippen molar-refractivity contribution in [3.05, 3.63) is 35.4 Å². The highest BCUT2D eigenvalue weighted by Gasteiger charge is 2.22. The van der Waals surface area contributed by atoms with Gasteiger partial charge >= 0.3 is 0 Å². The van der Waals surface area contributed by atoms with Crippen molar-refractivity contribution in [2.75, 3.05) is 13.1 Å². The fourth-order valence-electron chi connectivity index (χ4n) is 2.34. The van der Waals surface area contributed by atoms with Crippen LogP contribution in [0.3, 0.4) is 0 Å². The number of carbonyl (C=O) groups excluding carboxylic acids is 1. The minimum Gasteiger partial charge on any atom is -0.341 e. The Kier molecular flexibility index (Phi) is 4.01. The molecule has 1 aromatic rings. The highest BCUT2D eigenvalue weighted by atomic mass is 16.2. The van der Waals surface area contributed by atoms with Crippen LogP contribution >= 0.6 is 0 Å². The van der Waals surface area contributed by atoms with Gasteiger partial charge in [0.2, 0.25) is 5.91 Å². The van der Waals surface area contributed by atoms with Crippen LogP contribution in [0.2, 0.25) is 0 Å². The molecular weight excluding hydrogens is 224 g/mol. The van der Waals surface area contributed by atoms with Crippen LogP contribution in [0.25, 0.3) is 0 Å². The Morgan fingerprint density at radius 3 is 2.39 bits per heavy atom. The Bertz CT molecular complexity index is 449. The van der Waals surface area contributed by atoms with E-state index in [4.69, 9.17) is 12.2 Å². The first-order chi connectivity index (χ1) is 8.72. The van der Waals surface area contributed by atoms with E-state index in [9.17, 15) is 4.79 Å². The number of fused-ring (bicyclic) bond motifs is 1. The molecule has 0 radical (unpaired) electrons. The normalized spacial score (nSPS) is 16.3. The van der Waals surface area contributed by atoms with E-state index in [-0.39, 0.29) is 5.91 Å². The summed E-state index contributed by atoms with van der Waals surface area (Å²) in [5, 5.41) is 0. The Morgan fingerprint density at radius 1 is 1.33 bits per heavy atom. The van der Waals surface area contributed by atoms with Crippen LogP contribution < -0.4 is 5.73 Å². The van der Waals surface area contributed by atoms with Crippen LogP contribution in [-0.2, 0) is 17.6 Å². The third kappa shape index (κ3) is 2.72. The van der Waals surface area contributed by atoms with Gasteiger partial charge in [-0.15, -0.1) is 12.3 Å². The molecule has 1 aliphatic heterocycles. The molecule has 0 fully saturated rings. The lowest BCUT2D eigenvalue weighted by molar-refractivity contribution is -0.132. The molecule has 0 bridgehead atoms. The smallest absolute Gasteiger partial charge is 0.240 e. The number of nitrogens with zero attached hydrogens (tertiary/aromatic N) is 1. The van der Waals surface area contributed by atoms with E-state index >= 15 is 0 Å². The van der Waals surface area contributed by atoms with E-state index in [2.05, 4.69) is 18.1 Å². The molecule has 0 aromatic heterocycles. The van der Waals surface area contributed by atoms with Crippen LogP contribution in [0, 0.1) is 12.3 Å². The second-order valence-corrected chi connectivity index (χ2v) is 4.61. The quantitative estimate of drug-likeness (QED) is 0.785. The van der Waals surface area contributed by atoms with Gasteiger partial charge in [0.05, 0.1) is 6.04 Å². The molecule has 1 atom stereocenters. The fraction of sp³-hybridized carbons (Fsp3) is 0.400. The first-order valence-corrected chi connectivity index (χ1v) is 6.27. The van der Waals surface area contributed by atoms with Crippen molar-refractivity contribution in [1.82, 2.24) is 4.90 Å². The lowest BCUT2D eigenvalue weighted by Crippen LogP contribution is -2.44. The molecule has 18 heavy (non-hydrogen) atoms. The van der Waals surface area contributed by atoms with E-state index in [1.807, 2.05) is 17.0 Å². The van der Waals surface area contributed by atoms with Crippen molar-refractivity contribution in [2.45, 2.75) is 25.3 Å². The lowest BCUT2D eigenvalue weighted by Gasteiger charge is -2.23. The van der Waals surface area contributed by atoms with Gasteiger partial charge in [0.25, 0.3) is 0 Å². The molecule has 1 aliphatic rings. The number of carbonyl (C=O) groups is 1. The summed E-state index contributed by atoms with van der Waals surface area (Å²) in [4.78, 5) is 13.9. The second kappa shape index (κ2) is 5.70. The summed E-state index contributed by atoms with van der Waals surface area (Å²) in [5.41, 5.74) is 8.44. The van der Waals surface area contributed by atoms with E-state index in [1.165, 1.54) is 11.1 Å². The van der Waals surface area contributed by atoms with Crippen molar-refractivity contribution in [3.8, 4) is 12.3 Å². The second-order valence-electron chi connectivity index (χ2n) is 4.61. The molecule has 1 amide bonds. The lowest BCUT2D eigenvalue weighted by atomic mass is 10.0. The van der Waals surface area contributed by atoms with Crippen molar-refractivity contribution in [1.29, 1.82) is 0 Å². The number of amides is 1. The number of benzene rings is 1. The van der Waals surface area contributed by atoms with Gasteiger partial charge in [-0.3, -0.25) is 4.79 Å². The molecule has 1 heterocycles. The Labute approximate surface area is 108 Å². The predicted octanol–water partition coefficient (Wildman–Crippen LogP) is 0.964. The molecule has 3 nitrogen and oxygen atoms in total. The standard InChI is InChI=1S/C15H18N2O/c1-2-5-14(16)15(18)17-10-8-12-6-3-4-7-13(12)9-11-17/h1,3-4,6-7,14H,5,8-11,16H2. The third-order valence-corrected chi connectivity index (χ3v) is 3.39. The van der Waals surface area contributed by atoms with Gasteiger partial charge < -0.3 is 10.6 Å². The average Bonchev–Trinajstić information content (AvgIpc) is 2.60. The summed E-state index contributed by atoms with van der Waals surface area (Å²) in [6, 6.07) is 7.78. The number of rotatable bonds is 2. The summed E-state index contributed by atoms with van der Waals surface area (Å²) < 4.78 is 0. The van der Waals surface area contributed by atoms with Gasteiger partial charge in [0.1, 0.15) is 0 Å². The molecule has 0 saturated heterocycles. The average molecular weight is 242 g/mol. The molecule has 2 rings (SSSR count). The number of hydrogen-bond acceptors (Lipinski definition) is 2. The number of hydrogen-bond donors (Lipinski definition) is 1. The predicted molar refractivity (Wildman–Crippen MR) is 71.9 cm³/mol. The van der Waals surface area contributed by atoms with E-state index in [0.29, 0.717) is 6.42 Å². The molecule has 1 unspecified atom stereocenters. The molecule has 94 valence electrons. The van der Waals surface area contributed by atoms with Crippen molar-refractivity contribution in [3.63, 3.8) is 0 Å². The van der Waals surface area contributed by atoms with Crippen LogP contribution in [0.4, 0.5) is 0 Å². The molecule has 0 saturated carbocycles. The molecule has 0 aliphatic carbocycles. The SMILES string of the molecule is C#CCC(N)C(=O)N1CCc2ccccc2CC1. The number of terminal acetylenes is 1. The maximum absolute atomic E-state index is 12.1. The summed E-state index contributed by atoms with van der Waals surface area (Å²) in [6.45, 7) is 1.46. The molecule has 2 N–H and O–H groups in total. The largest absolute Gasteiger partial charge is 0.341 e. The van der Waals surface area contributed by atoms with Crippen molar-refractivity contribution in [2.24, 2.45) is 5.73 Å². The molecule has 3 heteroatoms. The third-order valence-electron chi connectivity index (χ3n) is 3.39. The Balaban J connectivity index is 2.04. The maximum Gasteiger partial charge on any atom is 0.240 e. The Morgan fingerprint density at radius 2 is 1.89 bits per heavy atom. The van der Waals surface area contributed by atoms with Crippen molar-refractivity contribution < 1.29 is 4.79 Å². The zero-order valence-electron chi connectivity index (χ0n) is 10.4. The Hall–Kier alpha value is -1.79. The van der Waals surface area contributed by atoms with Crippen molar-refractivity contribution >= 4 is 5.91 Å². The summed E-state index contributed by atoms with van der Waals surface area (Å²) in [7, 11) is 0. The molecular formula is C15H18N2O. The summed E-state index contributed by atoms with van der Waals surface area (Å²) >= 11 is 0. The van der Waals surface area contributed by atoms with Crippen LogP contribution in [0.1, 0.15) is 17.5 Å². The first-order valence-electron chi connectivity index (χ1n) is 6.27. The van der Waals surface area contributed by atoms with Gasteiger partial charge in [-0.05, 0) is 24.0 Å².